The Bertz CT molecular complexity index is 1370. The first kappa shape index (κ1) is 23.4. The third-order valence-electron chi connectivity index (χ3n) is 6.48. The van der Waals surface area contributed by atoms with Crippen molar-refractivity contribution < 1.29 is 14.4 Å². The van der Waals surface area contributed by atoms with Gasteiger partial charge < -0.3 is 25.2 Å². The Kier molecular flexibility index (Phi) is 6.11. The number of aliphatic hydroxyl groups is 1. The summed E-state index contributed by atoms with van der Waals surface area (Å²) in [4.78, 5) is 27.9. The van der Waals surface area contributed by atoms with Gasteiger partial charge in [0, 0.05) is 24.0 Å². The maximum Gasteiger partial charge on any atom is 0.262 e. The summed E-state index contributed by atoms with van der Waals surface area (Å²) in [6.07, 6.45) is 2.89. The third-order valence-corrected chi connectivity index (χ3v) is 6.48. The summed E-state index contributed by atoms with van der Waals surface area (Å²) in [6, 6.07) is 14.8. The topological polar surface area (TPSA) is 129 Å². The summed E-state index contributed by atoms with van der Waals surface area (Å²) in [5.41, 5.74) is 3.40. The zero-order chi connectivity index (χ0) is 25.3. The molecule has 0 radical (unpaired) electrons. The summed E-state index contributed by atoms with van der Waals surface area (Å²) < 4.78 is 5.24. The minimum Gasteiger partial charge on any atom is -0.394 e. The van der Waals surface area contributed by atoms with Gasteiger partial charge in [0.05, 0.1) is 18.2 Å². The second-order valence-electron chi connectivity index (χ2n) is 8.99. The Hall–Kier alpha value is -4.31. The van der Waals surface area contributed by atoms with Crippen molar-refractivity contribution in [2.24, 2.45) is 0 Å². The lowest BCUT2D eigenvalue weighted by Crippen LogP contribution is -2.38. The molecule has 3 N–H and O–H groups in total. The molecule has 10 heteroatoms. The molecule has 0 bridgehead atoms. The van der Waals surface area contributed by atoms with Gasteiger partial charge >= 0.3 is 0 Å². The number of hydrogen-bond donors (Lipinski definition) is 3. The molecule has 0 unspecified atom stereocenters. The molecule has 1 amide bonds. The molecule has 1 aliphatic rings. The summed E-state index contributed by atoms with van der Waals surface area (Å²) in [5.74, 6) is 1.05. The molecule has 0 fully saturated rings. The lowest BCUT2D eigenvalue weighted by atomic mass is 9.93. The second-order valence-corrected chi connectivity index (χ2v) is 8.99. The molecule has 3 heterocycles. The van der Waals surface area contributed by atoms with E-state index in [0.29, 0.717) is 29.4 Å². The van der Waals surface area contributed by atoms with Gasteiger partial charge in [-0.2, -0.15) is 9.97 Å². The van der Waals surface area contributed by atoms with Crippen molar-refractivity contribution >= 4 is 23.4 Å². The number of aliphatic hydroxyl groups excluding tert-OH is 1. The number of nitrogens with zero attached hydrogens (tertiary/aromatic N) is 5. The van der Waals surface area contributed by atoms with Crippen molar-refractivity contribution in [2.75, 3.05) is 23.8 Å². The number of anilines is 3. The summed E-state index contributed by atoms with van der Waals surface area (Å²) in [5, 5.41) is 20.3. The zero-order valence-corrected chi connectivity index (χ0v) is 20.3. The van der Waals surface area contributed by atoms with Crippen LogP contribution >= 0.6 is 0 Å². The molecule has 184 valence electrons. The lowest BCUT2D eigenvalue weighted by molar-refractivity contribution is 0.0635. The third kappa shape index (κ3) is 4.16. The molecular weight excluding hydrogens is 458 g/mol. The van der Waals surface area contributed by atoms with Crippen LogP contribution in [0.1, 0.15) is 48.3 Å². The maximum absolute atomic E-state index is 12.8. The molecule has 36 heavy (non-hydrogen) atoms. The van der Waals surface area contributed by atoms with E-state index in [1.165, 1.54) is 6.33 Å². The van der Waals surface area contributed by atoms with Gasteiger partial charge in [-0.1, -0.05) is 35.5 Å². The van der Waals surface area contributed by atoms with E-state index >= 15 is 0 Å². The smallest absolute Gasteiger partial charge is 0.262 e. The van der Waals surface area contributed by atoms with E-state index in [-0.39, 0.29) is 18.4 Å². The van der Waals surface area contributed by atoms with Gasteiger partial charge in [0.25, 0.3) is 11.8 Å². The first-order valence-electron chi connectivity index (χ1n) is 11.7. The fourth-order valence-electron chi connectivity index (χ4n) is 4.61. The van der Waals surface area contributed by atoms with Crippen LogP contribution in [0.15, 0.2) is 65.6 Å². The fraction of sp³-hybridized carbons (Fsp3) is 0.269. The number of carbonyl (C=O) groups is 1. The Balaban J connectivity index is 1.48. The highest BCUT2D eigenvalue weighted by Gasteiger charge is 2.42. The van der Waals surface area contributed by atoms with Crippen LogP contribution in [-0.2, 0) is 5.54 Å². The average molecular weight is 486 g/mol. The van der Waals surface area contributed by atoms with Gasteiger partial charge in [-0.05, 0) is 50.1 Å². The molecule has 1 aliphatic heterocycles. The molecule has 4 aromatic rings. The number of nitrogens with one attached hydrogen (secondary N) is 2. The van der Waals surface area contributed by atoms with Gasteiger partial charge in [0.2, 0.25) is 5.95 Å². The van der Waals surface area contributed by atoms with Crippen LogP contribution in [0, 0.1) is 0 Å². The number of carbonyl (C=O) groups excluding carboxylic acids is 1. The molecular formula is C26H27N7O3. The summed E-state index contributed by atoms with van der Waals surface area (Å²) in [6.45, 7) is 6.54. The molecule has 5 rings (SSSR count). The van der Waals surface area contributed by atoms with Crippen LogP contribution < -0.4 is 10.6 Å². The van der Waals surface area contributed by atoms with Crippen molar-refractivity contribution in [2.45, 2.75) is 32.4 Å². The molecule has 0 saturated carbocycles. The van der Waals surface area contributed by atoms with Gasteiger partial charge in [-0.25, -0.2) is 4.98 Å². The largest absolute Gasteiger partial charge is 0.394 e. The van der Waals surface area contributed by atoms with Crippen molar-refractivity contribution in [3.05, 3.63) is 77.7 Å². The van der Waals surface area contributed by atoms with Gasteiger partial charge in [0.1, 0.15) is 11.4 Å². The van der Waals surface area contributed by atoms with Crippen LogP contribution in [0.5, 0.6) is 0 Å². The van der Waals surface area contributed by atoms with Crippen LogP contribution in [-0.4, -0.2) is 49.2 Å². The zero-order valence-electron chi connectivity index (χ0n) is 20.3. The highest BCUT2D eigenvalue weighted by Crippen LogP contribution is 2.40. The van der Waals surface area contributed by atoms with Crippen molar-refractivity contribution in [1.29, 1.82) is 0 Å². The molecule has 0 saturated heterocycles. The number of aromatic nitrogens is 4. The normalized spacial score (nSPS) is 15.0. The van der Waals surface area contributed by atoms with Crippen LogP contribution in [0.4, 0.5) is 17.5 Å². The number of benzene rings is 2. The molecule has 2 aromatic heterocycles. The number of amides is 1. The Morgan fingerprint density at radius 2 is 1.92 bits per heavy atom. The van der Waals surface area contributed by atoms with Crippen molar-refractivity contribution in [1.82, 2.24) is 25.0 Å². The number of fused-ring (bicyclic) bond motifs is 1. The van der Waals surface area contributed by atoms with E-state index in [1.54, 1.807) is 6.20 Å². The van der Waals surface area contributed by atoms with Crippen LogP contribution in [0.25, 0.3) is 11.5 Å². The van der Waals surface area contributed by atoms with Crippen molar-refractivity contribution in [3.8, 4) is 11.5 Å². The monoisotopic (exact) mass is 485 g/mol. The molecule has 10 nitrogen and oxygen atoms in total. The molecule has 0 aliphatic carbocycles. The predicted octanol–water partition coefficient (Wildman–Crippen LogP) is 4.13. The van der Waals surface area contributed by atoms with E-state index in [2.05, 4.69) is 30.7 Å². The Labute approximate surface area is 208 Å². The number of hydrogen-bond acceptors (Lipinski definition) is 9. The van der Waals surface area contributed by atoms with Gasteiger partial charge in [-0.15, -0.1) is 0 Å². The number of rotatable bonds is 8. The fourth-order valence-corrected chi connectivity index (χ4v) is 4.61. The van der Waals surface area contributed by atoms with E-state index in [9.17, 15) is 9.90 Å². The summed E-state index contributed by atoms with van der Waals surface area (Å²) in [7, 11) is 0. The van der Waals surface area contributed by atoms with E-state index in [4.69, 9.17) is 4.52 Å². The van der Waals surface area contributed by atoms with Crippen LogP contribution in [0.2, 0.25) is 0 Å². The Morgan fingerprint density at radius 3 is 2.61 bits per heavy atom. The minimum absolute atomic E-state index is 0.0339. The first-order valence-corrected chi connectivity index (χ1v) is 11.7. The standard InChI is InChI=1S/C26H27N7O3/c1-4-33-24(35)18-11-10-17(12-20(18)26(33,2)3)30-25-27-13-19(23-28-15-29-36-23)22(32-25)31-21(14-34)16-8-6-5-7-9-16/h5-13,15,21,34H,4,14H2,1-3H3,(H2,27,30,31,32)/t21-/m1/s1. The minimum atomic E-state index is -0.418. The van der Waals surface area contributed by atoms with E-state index in [0.717, 1.165) is 16.8 Å². The lowest BCUT2D eigenvalue weighted by Gasteiger charge is -2.31. The molecule has 2 aromatic carbocycles. The van der Waals surface area contributed by atoms with Crippen LogP contribution in [0.3, 0.4) is 0 Å². The Morgan fingerprint density at radius 1 is 1.11 bits per heavy atom. The highest BCUT2D eigenvalue weighted by atomic mass is 16.5. The average Bonchev–Trinajstić information content (AvgIpc) is 3.48. The summed E-state index contributed by atoms with van der Waals surface area (Å²) >= 11 is 0. The van der Waals surface area contributed by atoms with E-state index < -0.39 is 11.6 Å². The first-order chi connectivity index (χ1) is 17.4. The predicted molar refractivity (Wildman–Crippen MR) is 135 cm³/mol. The quantitative estimate of drug-likeness (QED) is 0.337. The van der Waals surface area contributed by atoms with E-state index in [1.807, 2.05) is 74.2 Å². The molecule has 0 spiro atoms. The molecule has 1 atom stereocenters. The van der Waals surface area contributed by atoms with Gasteiger partial charge in [-0.3, -0.25) is 4.79 Å². The maximum atomic E-state index is 12.8. The second kappa shape index (κ2) is 9.38. The van der Waals surface area contributed by atoms with Crippen molar-refractivity contribution in [3.63, 3.8) is 0 Å². The highest BCUT2D eigenvalue weighted by molar-refractivity contribution is 6.00. The SMILES string of the molecule is CCN1C(=O)c2ccc(Nc3ncc(-c4ncno4)c(N[C@H](CO)c4ccccc4)n3)cc2C1(C)C. The van der Waals surface area contributed by atoms with Gasteiger partial charge in [0.15, 0.2) is 6.33 Å².